The van der Waals surface area contributed by atoms with Crippen LogP contribution in [0.5, 0.6) is 11.5 Å². The molecule has 0 unspecified atom stereocenters. The Bertz CT molecular complexity index is 1060. The number of anilines is 1. The van der Waals surface area contributed by atoms with Crippen LogP contribution in [-0.4, -0.2) is 62.5 Å². The molecular formula is C26H33N3O3. The number of nitrogens with zero attached hydrogens (tertiary/aromatic N) is 2. The average molecular weight is 436 g/mol. The van der Waals surface area contributed by atoms with Crippen molar-refractivity contribution in [1.82, 2.24) is 9.88 Å². The minimum absolute atomic E-state index is 0.394. The quantitative estimate of drug-likeness (QED) is 0.403. The lowest BCUT2D eigenvalue weighted by Crippen LogP contribution is -2.28. The lowest BCUT2D eigenvalue weighted by molar-refractivity contribution is 0.0905. The Morgan fingerprint density at radius 2 is 1.84 bits per heavy atom. The number of pyridine rings is 1. The number of ether oxygens (including phenoxy) is 3. The van der Waals surface area contributed by atoms with Crippen LogP contribution < -0.4 is 14.8 Å². The molecule has 2 aliphatic heterocycles. The molecule has 3 heterocycles. The van der Waals surface area contributed by atoms with E-state index in [9.17, 15) is 0 Å². The fourth-order valence-electron chi connectivity index (χ4n) is 4.85. The van der Waals surface area contributed by atoms with Crippen molar-refractivity contribution in [2.75, 3.05) is 51.9 Å². The Hall–Kier alpha value is -2.57. The normalized spacial score (nSPS) is 17.8. The Labute approximate surface area is 189 Å². The van der Waals surface area contributed by atoms with Crippen molar-refractivity contribution in [2.24, 2.45) is 0 Å². The number of methoxy groups -OCH3 is 1. The minimum atomic E-state index is 0.394. The molecule has 0 aliphatic carbocycles. The lowest BCUT2D eigenvalue weighted by atomic mass is 10.0. The molecule has 2 aromatic carbocycles. The predicted molar refractivity (Wildman–Crippen MR) is 129 cm³/mol. The average Bonchev–Trinajstić information content (AvgIpc) is 3.35. The van der Waals surface area contributed by atoms with E-state index in [1.165, 1.54) is 25.9 Å². The molecule has 170 valence electrons. The molecule has 6 heteroatoms. The van der Waals surface area contributed by atoms with Gasteiger partial charge in [-0.2, -0.15) is 0 Å². The Kier molecular flexibility index (Phi) is 6.60. The molecule has 0 radical (unpaired) electrons. The van der Waals surface area contributed by atoms with Gasteiger partial charge in [0.1, 0.15) is 0 Å². The second-order valence-electron chi connectivity index (χ2n) is 8.81. The number of fused-ring (bicyclic) bond motifs is 2. The summed E-state index contributed by atoms with van der Waals surface area (Å²) in [5.41, 5.74) is 3.03. The third-order valence-corrected chi connectivity index (χ3v) is 6.61. The highest BCUT2D eigenvalue weighted by Gasteiger charge is 2.19. The fraction of sp³-hybridized carbons (Fsp3) is 0.500. The summed E-state index contributed by atoms with van der Waals surface area (Å²) in [5, 5.41) is 6.00. The molecule has 0 atom stereocenters. The van der Waals surface area contributed by atoms with E-state index in [2.05, 4.69) is 34.5 Å². The minimum Gasteiger partial charge on any atom is -0.493 e. The zero-order chi connectivity index (χ0) is 21.8. The summed E-state index contributed by atoms with van der Waals surface area (Å²) in [6.07, 6.45) is 5.68. The van der Waals surface area contributed by atoms with E-state index >= 15 is 0 Å². The van der Waals surface area contributed by atoms with Crippen LogP contribution in [0.3, 0.4) is 0 Å². The van der Waals surface area contributed by atoms with Crippen molar-refractivity contribution in [3.63, 3.8) is 0 Å². The molecule has 2 saturated heterocycles. The molecular weight excluding hydrogens is 402 g/mol. The molecule has 5 rings (SSSR count). The molecule has 0 bridgehead atoms. The first-order valence-corrected chi connectivity index (χ1v) is 11.9. The van der Waals surface area contributed by atoms with Gasteiger partial charge in [-0.3, -0.25) is 0 Å². The topological polar surface area (TPSA) is 55.9 Å². The number of hydrogen-bond donors (Lipinski definition) is 1. The first-order valence-electron chi connectivity index (χ1n) is 11.9. The van der Waals surface area contributed by atoms with E-state index in [4.69, 9.17) is 19.2 Å². The van der Waals surface area contributed by atoms with Gasteiger partial charge >= 0.3 is 0 Å². The van der Waals surface area contributed by atoms with Gasteiger partial charge in [0.25, 0.3) is 0 Å². The smallest absolute Gasteiger partial charge is 0.163 e. The van der Waals surface area contributed by atoms with Crippen LogP contribution in [0.15, 0.2) is 36.4 Å². The summed E-state index contributed by atoms with van der Waals surface area (Å²) in [5.74, 6) is 1.52. The van der Waals surface area contributed by atoms with E-state index in [0.29, 0.717) is 12.6 Å². The number of benzene rings is 2. The van der Waals surface area contributed by atoms with Gasteiger partial charge in [0, 0.05) is 42.6 Å². The number of rotatable bonds is 8. The summed E-state index contributed by atoms with van der Waals surface area (Å²) in [7, 11) is 1.71. The molecule has 0 spiro atoms. The highest BCUT2D eigenvalue weighted by Crippen LogP contribution is 2.39. The maximum Gasteiger partial charge on any atom is 0.163 e. The van der Waals surface area contributed by atoms with Crippen molar-refractivity contribution in [1.29, 1.82) is 0 Å². The van der Waals surface area contributed by atoms with Crippen LogP contribution in [-0.2, 0) is 4.74 Å². The monoisotopic (exact) mass is 435 g/mol. The van der Waals surface area contributed by atoms with E-state index in [0.717, 1.165) is 78.0 Å². The third-order valence-electron chi connectivity index (χ3n) is 6.61. The number of hydrogen-bond acceptors (Lipinski definition) is 6. The third kappa shape index (κ3) is 4.62. The Morgan fingerprint density at radius 1 is 1.03 bits per heavy atom. The largest absolute Gasteiger partial charge is 0.493 e. The molecule has 3 aromatic rings. The van der Waals surface area contributed by atoms with Crippen molar-refractivity contribution in [3.8, 4) is 11.5 Å². The summed E-state index contributed by atoms with van der Waals surface area (Å²) in [4.78, 5) is 7.47. The molecule has 6 nitrogen and oxygen atoms in total. The first-order chi connectivity index (χ1) is 15.8. The van der Waals surface area contributed by atoms with Crippen LogP contribution >= 0.6 is 0 Å². The zero-order valence-electron chi connectivity index (χ0n) is 18.9. The summed E-state index contributed by atoms with van der Waals surface area (Å²) in [6.45, 7) is 5.82. The van der Waals surface area contributed by atoms with Gasteiger partial charge in [-0.15, -0.1) is 0 Å². The molecule has 2 fully saturated rings. The second kappa shape index (κ2) is 9.92. The first kappa shape index (κ1) is 21.3. The van der Waals surface area contributed by atoms with Gasteiger partial charge in [0.05, 0.1) is 30.4 Å². The predicted octanol–water partition coefficient (Wildman–Crippen LogP) is 4.85. The molecule has 2 aliphatic rings. The fourth-order valence-corrected chi connectivity index (χ4v) is 4.85. The summed E-state index contributed by atoms with van der Waals surface area (Å²) in [6, 6.07) is 12.8. The molecule has 32 heavy (non-hydrogen) atoms. The van der Waals surface area contributed by atoms with E-state index < -0.39 is 0 Å². The van der Waals surface area contributed by atoms with Crippen LogP contribution in [0.1, 0.15) is 32.1 Å². The number of para-hydroxylation sites is 1. The zero-order valence-corrected chi connectivity index (χ0v) is 18.9. The number of nitrogens with one attached hydrogen (secondary N) is 1. The molecule has 1 N–H and O–H groups in total. The van der Waals surface area contributed by atoms with Gasteiger partial charge in [-0.1, -0.05) is 18.2 Å². The standard InChI is InChI=1S/C26H33N3O3/c1-30-24-17-21-23(18-25(24)32-14-6-13-29-11-4-5-12-29)28-22-8-3-2-7-20(22)26(21)27-19-9-15-31-16-10-19/h2-3,7-8,17-19H,4-6,9-16H2,1H3,(H,27,28). The SMILES string of the molecule is COc1cc2c(NC3CCOCC3)c3ccccc3nc2cc1OCCCN1CCCC1. The van der Waals surface area contributed by atoms with Gasteiger partial charge in [-0.25, -0.2) is 4.98 Å². The molecule has 0 amide bonds. The molecule has 0 saturated carbocycles. The van der Waals surface area contributed by atoms with Crippen molar-refractivity contribution in [3.05, 3.63) is 36.4 Å². The van der Waals surface area contributed by atoms with Gasteiger partial charge in [-0.05, 0) is 57.3 Å². The second-order valence-corrected chi connectivity index (χ2v) is 8.81. The highest BCUT2D eigenvalue weighted by molar-refractivity contribution is 6.08. The van der Waals surface area contributed by atoms with Crippen LogP contribution in [0, 0.1) is 0 Å². The van der Waals surface area contributed by atoms with Gasteiger partial charge in [0.2, 0.25) is 0 Å². The number of likely N-dealkylation sites (tertiary alicyclic amines) is 1. The van der Waals surface area contributed by atoms with Gasteiger partial charge < -0.3 is 24.4 Å². The Morgan fingerprint density at radius 3 is 2.66 bits per heavy atom. The van der Waals surface area contributed by atoms with Crippen molar-refractivity contribution in [2.45, 2.75) is 38.1 Å². The van der Waals surface area contributed by atoms with E-state index in [1.807, 2.05) is 12.1 Å². The van der Waals surface area contributed by atoms with Crippen LogP contribution in [0.4, 0.5) is 5.69 Å². The van der Waals surface area contributed by atoms with E-state index in [1.54, 1.807) is 7.11 Å². The van der Waals surface area contributed by atoms with E-state index in [-0.39, 0.29) is 0 Å². The van der Waals surface area contributed by atoms with Gasteiger partial charge in [0.15, 0.2) is 11.5 Å². The summed E-state index contributed by atoms with van der Waals surface area (Å²) >= 11 is 0. The maximum absolute atomic E-state index is 6.17. The van der Waals surface area contributed by atoms with Crippen LogP contribution in [0.2, 0.25) is 0 Å². The summed E-state index contributed by atoms with van der Waals surface area (Å²) < 4.78 is 17.5. The van der Waals surface area contributed by atoms with Crippen molar-refractivity contribution >= 4 is 27.5 Å². The lowest BCUT2D eigenvalue weighted by Gasteiger charge is -2.26. The van der Waals surface area contributed by atoms with Crippen LogP contribution in [0.25, 0.3) is 21.8 Å². The molecule has 1 aromatic heterocycles. The maximum atomic E-state index is 6.17. The highest BCUT2D eigenvalue weighted by atomic mass is 16.5. The number of aromatic nitrogens is 1. The van der Waals surface area contributed by atoms with Crippen molar-refractivity contribution < 1.29 is 14.2 Å². The Balaban J connectivity index is 1.44.